The normalized spacial score (nSPS) is 13.3. The molecule has 1 fully saturated rings. The van der Waals surface area contributed by atoms with E-state index in [4.69, 9.17) is 4.74 Å². The number of carboxylic acid groups (broad SMARTS) is 1. The second-order valence-electron chi connectivity index (χ2n) is 8.31. The fourth-order valence-corrected chi connectivity index (χ4v) is 4.79. The van der Waals surface area contributed by atoms with Crippen LogP contribution in [0.15, 0.2) is 77.7 Å². The predicted molar refractivity (Wildman–Crippen MR) is 139 cm³/mol. The van der Waals surface area contributed by atoms with Gasteiger partial charge in [-0.05, 0) is 60.8 Å². The molecule has 0 unspecified atom stereocenters. The van der Waals surface area contributed by atoms with E-state index in [2.05, 4.69) is 40.5 Å². The number of nitrogens with zero attached hydrogens (tertiary/aromatic N) is 2. The third-order valence-electron chi connectivity index (χ3n) is 5.69. The van der Waals surface area contributed by atoms with Crippen LogP contribution >= 0.6 is 11.9 Å². The highest BCUT2D eigenvalue weighted by molar-refractivity contribution is 8.00. The number of carbonyl (C=O) groups excluding carboxylic acids is 1. The minimum atomic E-state index is -0.987. The molecule has 1 heterocycles. The lowest BCUT2D eigenvalue weighted by Crippen LogP contribution is -2.38. The molecule has 1 aliphatic rings. The van der Waals surface area contributed by atoms with Crippen molar-refractivity contribution in [2.75, 3.05) is 42.1 Å². The van der Waals surface area contributed by atoms with E-state index in [1.807, 2.05) is 29.4 Å². The molecule has 0 atom stereocenters. The maximum Gasteiger partial charge on any atom is 0.335 e. The van der Waals surface area contributed by atoms with Crippen LogP contribution < -0.4 is 14.5 Å². The molecule has 4 rings (SSSR count). The van der Waals surface area contributed by atoms with Gasteiger partial charge in [-0.3, -0.25) is 4.79 Å². The maximum atomic E-state index is 13.0. The van der Waals surface area contributed by atoms with Gasteiger partial charge in [-0.15, -0.1) is 0 Å². The summed E-state index contributed by atoms with van der Waals surface area (Å²) < 4.78 is 7.54. The molecule has 0 bridgehead atoms. The number of carboxylic acids is 1. The SMILES string of the molecule is Cc1ccc(SN(CC(=O)NCc2cccc(C(=O)O)c2)c2ccccc2N2CCOCC2)cc1. The molecule has 0 spiro atoms. The van der Waals surface area contributed by atoms with Crippen molar-refractivity contribution in [1.29, 1.82) is 0 Å². The molecule has 182 valence electrons. The van der Waals surface area contributed by atoms with Crippen molar-refractivity contribution in [2.45, 2.75) is 18.4 Å². The first kappa shape index (κ1) is 24.6. The van der Waals surface area contributed by atoms with Crippen LogP contribution in [-0.4, -0.2) is 49.8 Å². The molecule has 0 radical (unpaired) electrons. The van der Waals surface area contributed by atoms with Crippen LogP contribution in [-0.2, 0) is 16.1 Å². The number of aromatic carboxylic acids is 1. The molecule has 1 saturated heterocycles. The topological polar surface area (TPSA) is 82.1 Å². The Bertz CT molecular complexity index is 1160. The zero-order chi connectivity index (χ0) is 24.6. The van der Waals surface area contributed by atoms with Crippen molar-refractivity contribution in [3.05, 3.63) is 89.5 Å². The number of ether oxygens (including phenoxy) is 1. The van der Waals surface area contributed by atoms with Gasteiger partial charge in [0.25, 0.3) is 0 Å². The van der Waals surface area contributed by atoms with Gasteiger partial charge in [0.15, 0.2) is 0 Å². The van der Waals surface area contributed by atoms with Gasteiger partial charge >= 0.3 is 5.97 Å². The van der Waals surface area contributed by atoms with E-state index < -0.39 is 5.97 Å². The van der Waals surface area contributed by atoms with Gasteiger partial charge in [-0.25, -0.2) is 4.79 Å². The highest BCUT2D eigenvalue weighted by atomic mass is 32.2. The summed E-state index contributed by atoms with van der Waals surface area (Å²) >= 11 is 1.52. The molecule has 1 aliphatic heterocycles. The smallest absolute Gasteiger partial charge is 0.335 e. The van der Waals surface area contributed by atoms with Crippen LogP contribution in [0.25, 0.3) is 0 Å². The first-order valence-corrected chi connectivity index (χ1v) is 12.3. The van der Waals surface area contributed by atoms with Gasteiger partial charge < -0.3 is 24.4 Å². The van der Waals surface area contributed by atoms with Gasteiger partial charge in [0.05, 0.1) is 30.2 Å². The molecule has 0 aliphatic carbocycles. The van der Waals surface area contributed by atoms with Gasteiger partial charge in [-0.1, -0.05) is 42.0 Å². The Morgan fingerprint density at radius 1 is 1.03 bits per heavy atom. The van der Waals surface area contributed by atoms with Crippen molar-refractivity contribution in [3.63, 3.8) is 0 Å². The Balaban J connectivity index is 1.53. The summed E-state index contributed by atoms with van der Waals surface area (Å²) in [6, 6.07) is 22.9. The average molecular weight is 492 g/mol. The maximum absolute atomic E-state index is 13.0. The van der Waals surface area contributed by atoms with Crippen LogP contribution in [0.1, 0.15) is 21.5 Å². The summed E-state index contributed by atoms with van der Waals surface area (Å²) in [6.07, 6.45) is 0. The van der Waals surface area contributed by atoms with Crippen molar-refractivity contribution < 1.29 is 19.4 Å². The minimum Gasteiger partial charge on any atom is -0.478 e. The predicted octanol–water partition coefficient (Wildman–Crippen LogP) is 4.36. The molecule has 2 N–H and O–H groups in total. The van der Waals surface area contributed by atoms with E-state index in [9.17, 15) is 14.7 Å². The third kappa shape index (κ3) is 6.77. The number of hydrogen-bond acceptors (Lipinski definition) is 6. The highest BCUT2D eigenvalue weighted by Gasteiger charge is 2.21. The molecule has 35 heavy (non-hydrogen) atoms. The van der Waals surface area contributed by atoms with Crippen molar-refractivity contribution >= 4 is 35.2 Å². The molecular formula is C27H29N3O4S. The Kier molecular flexibility index (Phi) is 8.28. The van der Waals surface area contributed by atoms with Gasteiger partial charge in [0.1, 0.15) is 6.54 Å². The van der Waals surface area contributed by atoms with Crippen molar-refractivity contribution in [3.8, 4) is 0 Å². The summed E-state index contributed by atoms with van der Waals surface area (Å²) in [4.78, 5) is 27.6. The summed E-state index contributed by atoms with van der Waals surface area (Å²) in [5.74, 6) is -1.14. The standard InChI is InChI=1S/C27H29N3O4S/c1-20-9-11-23(12-10-20)35-30(25-8-3-2-7-24(25)29-13-15-34-16-14-29)19-26(31)28-18-21-5-4-6-22(17-21)27(32)33/h2-12,17H,13-16,18-19H2,1H3,(H,28,31)(H,32,33). The second kappa shape index (κ2) is 11.8. The van der Waals surface area contributed by atoms with Crippen LogP contribution in [0, 0.1) is 6.92 Å². The monoisotopic (exact) mass is 491 g/mol. The van der Waals surface area contributed by atoms with Crippen LogP contribution in [0.5, 0.6) is 0 Å². The number of hydrogen-bond donors (Lipinski definition) is 2. The van der Waals surface area contributed by atoms with E-state index in [-0.39, 0.29) is 24.6 Å². The van der Waals surface area contributed by atoms with Gasteiger partial charge in [0, 0.05) is 24.5 Å². The summed E-state index contributed by atoms with van der Waals surface area (Å²) in [6.45, 7) is 5.39. The number of amides is 1. The van der Waals surface area contributed by atoms with Gasteiger partial charge in [-0.2, -0.15) is 0 Å². The molecule has 0 aromatic heterocycles. The number of carbonyl (C=O) groups is 2. The number of anilines is 2. The number of para-hydroxylation sites is 2. The molecule has 8 heteroatoms. The Morgan fingerprint density at radius 3 is 2.51 bits per heavy atom. The zero-order valence-electron chi connectivity index (χ0n) is 19.6. The lowest BCUT2D eigenvalue weighted by Gasteiger charge is -2.33. The fraction of sp³-hybridized carbons (Fsp3) is 0.259. The van der Waals surface area contributed by atoms with Crippen LogP contribution in [0.4, 0.5) is 11.4 Å². The summed E-state index contributed by atoms with van der Waals surface area (Å²) in [7, 11) is 0. The molecular weight excluding hydrogens is 462 g/mol. The molecule has 0 saturated carbocycles. The quantitative estimate of drug-likeness (QED) is 0.431. The van der Waals surface area contributed by atoms with Crippen LogP contribution in [0.2, 0.25) is 0 Å². The average Bonchev–Trinajstić information content (AvgIpc) is 2.89. The largest absolute Gasteiger partial charge is 0.478 e. The van der Waals surface area contributed by atoms with E-state index in [0.29, 0.717) is 13.2 Å². The van der Waals surface area contributed by atoms with E-state index in [1.165, 1.54) is 23.6 Å². The molecule has 3 aromatic rings. The molecule has 7 nitrogen and oxygen atoms in total. The number of morpholine rings is 1. The van der Waals surface area contributed by atoms with E-state index in [0.717, 1.165) is 34.9 Å². The third-order valence-corrected chi connectivity index (χ3v) is 6.72. The lowest BCUT2D eigenvalue weighted by molar-refractivity contribution is -0.119. The zero-order valence-corrected chi connectivity index (χ0v) is 20.5. The van der Waals surface area contributed by atoms with Crippen molar-refractivity contribution in [2.24, 2.45) is 0 Å². The number of aryl methyl sites for hydroxylation is 1. The second-order valence-corrected chi connectivity index (χ2v) is 9.41. The number of nitrogens with one attached hydrogen (secondary N) is 1. The molecule has 3 aromatic carbocycles. The van der Waals surface area contributed by atoms with E-state index in [1.54, 1.807) is 18.2 Å². The van der Waals surface area contributed by atoms with Crippen LogP contribution in [0.3, 0.4) is 0 Å². The van der Waals surface area contributed by atoms with Gasteiger partial charge in [0.2, 0.25) is 5.91 Å². The fourth-order valence-electron chi connectivity index (χ4n) is 3.84. The Morgan fingerprint density at radius 2 is 1.77 bits per heavy atom. The van der Waals surface area contributed by atoms with Crippen molar-refractivity contribution in [1.82, 2.24) is 5.32 Å². The summed E-state index contributed by atoms with van der Waals surface area (Å²) in [5, 5.41) is 12.2. The lowest BCUT2D eigenvalue weighted by atomic mass is 10.1. The Hall–Kier alpha value is -3.49. The number of benzene rings is 3. The first-order valence-electron chi connectivity index (χ1n) is 11.5. The number of rotatable bonds is 9. The minimum absolute atomic E-state index is 0.137. The highest BCUT2D eigenvalue weighted by Crippen LogP contribution is 2.36. The van der Waals surface area contributed by atoms with E-state index >= 15 is 0 Å². The summed E-state index contributed by atoms with van der Waals surface area (Å²) in [5.41, 5.74) is 4.15. The molecule has 1 amide bonds. The first-order chi connectivity index (χ1) is 17.0. The Labute approximate surface area is 209 Å².